The van der Waals surface area contributed by atoms with Gasteiger partial charge in [0, 0.05) is 13.1 Å². The first-order valence-corrected chi connectivity index (χ1v) is 6.69. The van der Waals surface area contributed by atoms with Gasteiger partial charge in [-0.1, -0.05) is 6.92 Å². The Balaban J connectivity index is 2.11. The molecule has 18 heavy (non-hydrogen) atoms. The Morgan fingerprint density at radius 2 is 2.22 bits per heavy atom. The third-order valence-corrected chi connectivity index (χ3v) is 4.26. The summed E-state index contributed by atoms with van der Waals surface area (Å²) in [6.45, 7) is 4.81. The maximum atomic E-state index is 12.3. The second kappa shape index (κ2) is 5.06. The molecular weight excluding hydrogens is 252 g/mol. The van der Waals surface area contributed by atoms with Gasteiger partial charge in [-0.05, 0) is 12.8 Å². The van der Waals surface area contributed by atoms with Crippen LogP contribution in [-0.2, 0) is 9.53 Å². The fraction of sp³-hybridized carbons (Fsp3) is 0.583. The van der Waals surface area contributed by atoms with Crippen LogP contribution in [0.2, 0.25) is 0 Å². The zero-order chi connectivity index (χ0) is 13.3. The number of esters is 1. The second-order valence-corrected chi connectivity index (χ2v) is 5.44. The summed E-state index contributed by atoms with van der Waals surface area (Å²) in [7, 11) is 1.38. The molecule has 1 amide bonds. The lowest BCUT2D eigenvalue weighted by Gasteiger charge is -2.15. The van der Waals surface area contributed by atoms with Crippen molar-refractivity contribution in [2.24, 2.45) is 11.8 Å². The Morgan fingerprint density at radius 1 is 1.50 bits per heavy atom. The first-order chi connectivity index (χ1) is 8.54. The highest BCUT2D eigenvalue weighted by atomic mass is 32.1. The van der Waals surface area contributed by atoms with E-state index in [-0.39, 0.29) is 23.7 Å². The summed E-state index contributed by atoms with van der Waals surface area (Å²) in [5.74, 6) is -0.353. The van der Waals surface area contributed by atoms with E-state index >= 15 is 0 Å². The van der Waals surface area contributed by atoms with Crippen LogP contribution in [-0.4, -0.2) is 42.0 Å². The first-order valence-electron chi connectivity index (χ1n) is 5.81. The van der Waals surface area contributed by atoms with Crippen molar-refractivity contribution in [3.05, 3.63) is 16.1 Å². The van der Waals surface area contributed by atoms with E-state index in [0.717, 1.165) is 5.69 Å². The van der Waals surface area contributed by atoms with E-state index in [1.807, 2.05) is 13.8 Å². The number of hydrogen-bond acceptors (Lipinski definition) is 5. The Kier molecular flexibility index (Phi) is 3.65. The average Bonchev–Trinajstić information content (AvgIpc) is 2.93. The molecule has 1 aliphatic rings. The molecular formula is C12H16N2O3S. The van der Waals surface area contributed by atoms with Crippen LogP contribution in [0.5, 0.6) is 0 Å². The minimum absolute atomic E-state index is 0.0340. The summed E-state index contributed by atoms with van der Waals surface area (Å²) in [6, 6.07) is 0. The summed E-state index contributed by atoms with van der Waals surface area (Å²) >= 11 is 1.34. The van der Waals surface area contributed by atoms with Crippen LogP contribution in [0.25, 0.3) is 0 Å². The molecule has 0 spiro atoms. The lowest BCUT2D eigenvalue weighted by molar-refractivity contribution is -0.145. The zero-order valence-electron chi connectivity index (χ0n) is 10.7. The number of aryl methyl sites for hydroxylation is 1. The number of aromatic nitrogens is 1. The molecule has 1 aromatic rings. The molecule has 2 rings (SSSR count). The summed E-state index contributed by atoms with van der Waals surface area (Å²) in [5, 5.41) is 0. The highest BCUT2D eigenvalue weighted by molar-refractivity contribution is 7.11. The topological polar surface area (TPSA) is 59.5 Å². The molecule has 2 heterocycles. The predicted octanol–water partition coefficient (Wildman–Crippen LogP) is 1.33. The van der Waals surface area contributed by atoms with E-state index in [1.165, 1.54) is 18.4 Å². The van der Waals surface area contributed by atoms with Crippen LogP contribution in [0, 0.1) is 18.8 Å². The largest absolute Gasteiger partial charge is 0.469 e. The summed E-state index contributed by atoms with van der Waals surface area (Å²) in [4.78, 5) is 30.3. The third kappa shape index (κ3) is 2.25. The molecule has 1 fully saturated rings. The predicted molar refractivity (Wildman–Crippen MR) is 67.4 cm³/mol. The maximum absolute atomic E-state index is 12.3. The van der Waals surface area contributed by atoms with E-state index in [4.69, 9.17) is 4.74 Å². The fourth-order valence-corrected chi connectivity index (χ4v) is 3.01. The summed E-state index contributed by atoms with van der Waals surface area (Å²) < 4.78 is 4.76. The van der Waals surface area contributed by atoms with Crippen LogP contribution in [0.15, 0.2) is 5.51 Å². The van der Waals surface area contributed by atoms with Crippen LogP contribution in [0.3, 0.4) is 0 Å². The summed E-state index contributed by atoms with van der Waals surface area (Å²) in [5.41, 5.74) is 2.42. The molecule has 0 radical (unpaired) electrons. The van der Waals surface area contributed by atoms with Gasteiger partial charge in [0.2, 0.25) is 0 Å². The molecule has 2 atom stereocenters. The minimum Gasteiger partial charge on any atom is -0.469 e. The number of amides is 1. The van der Waals surface area contributed by atoms with Crippen LogP contribution < -0.4 is 0 Å². The molecule has 5 nitrogen and oxygen atoms in total. The average molecular weight is 268 g/mol. The monoisotopic (exact) mass is 268 g/mol. The molecule has 0 bridgehead atoms. The Morgan fingerprint density at radius 3 is 2.78 bits per heavy atom. The van der Waals surface area contributed by atoms with E-state index in [1.54, 1.807) is 10.4 Å². The Hall–Kier alpha value is -1.43. The number of ether oxygens (including phenoxy) is 1. The van der Waals surface area contributed by atoms with Gasteiger partial charge >= 0.3 is 5.97 Å². The number of carbonyl (C=O) groups is 2. The standard InChI is InChI=1S/C12H16N2O3S/c1-7-4-14(5-9(7)12(16)17-3)11(15)10-8(2)13-6-18-10/h6-7,9H,4-5H2,1-3H3. The SMILES string of the molecule is COC(=O)C1CN(C(=O)c2scnc2C)CC1C. The highest BCUT2D eigenvalue weighted by Gasteiger charge is 2.38. The first kappa shape index (κ1) is 13.0. The van der Waals surface area contributed by atoms with E-state index < -0.39 is 0 Å². The third-order valence-electron chi connectivity index (χ3n) is 3.34. The van der Waals surface area contributed by atoms with Crippen molar-refractivity contribution in [3.8, 4) is 0 Å². The number of hydrogen-bond donors (Lipinski definition) is 0. The van der Waals surface area contributed by atoms with Crippen molar-refractivity contribution in [2.45, 2.75) is 13.8 Å². The fourth-order valence-electron chi connectivity index (χ4n) is 2.24. The van der Waals surface area contributed by atoms with Crippen molar-refractivity contribution < 1.29 is 14.3 Å². The molecule has 1 aliphatic heterocycles. The zero-order valence-corrected chi connectivity index (χ0v) is 11.5. The van der Waals surface area contributed by atoms with Crippen molar-refractivity contribution >= 4 is 23.2 Å². The van der Waals surface area contributed by atoms with Crippen molar-refractivity contribution in [1.29, 1.82) is 0 Å². The van der Waals surface area contributed by atoms with Gasteiger partial charge in [-0.3, -0.25) is 9.59 Å². The number of carbonyl (C=O) groups excluding carboxylic acids is 2. The number of likely N-dealkylation sites (tertiary alicyclic amines) is 1. The number of nitrogens with zero attached hydrogens (tertiary/aromatic N) is 2. The van der Waals surface area contributed by atoms with Crippen LogP contribution in [0.4, 0.5) is 0 Å². The molecule has 6 heteroatoms. The number of methoxy groups -OCH3 is 1. The van der Waals surface area contributed by atoms with Gasteiger partial charge in [0.1, 0.15) is 4.88 Å². The van der Waals surface area contributed by atoms with Gasteiger partial charge in [-0.25, -0.2) is 4.98 Å². The van der Waals surface area contributed by atoms with Gasteiger partial charge in [0.25, 0.3) is 5.91 Å². The Labute approximate surface area is 110 Å². The molecule has 1 saturated heterocycles. The molecule has 2 unspecified atom stereocenters. The van der Waals surface area contributed by atoms with Gasteiger partial charge in [-0.2, -0.15) is 0 Å². The Bertz CT molecular complexity index is 472. The van der Waals surface area contributed by atoms with Crippen LogP contribution in [0.1, 0.15) is 22.3 Å². The molecule has 0 aliphatic carbocycles. The van der Waals surface area contributed by atoms with Crippen molar-refractivity contribution in [3.63, 3.8) is 0 Å². The van der Waals surface area contributed by atoms with E-state index in [9.17, 15) is 9.59 Å². The van der Waals surface area contributed by atoms with Gasteiger partial charge in [-0.15, -0.1) is 11.3 Å². The number of rotatable bonds is 2. The number of thiazole rings is 1. The normalized spacial score (nSPS) is 23.2. The van der Waals surface area contributed by atoms with E-state index in [2.05, 4.69) is 4.98 Å². The van der Waals surface area contributed by atoms with Crippen molar-refractivity contribution in [2.75, 3.05) is 20.2 Å². The lowest BCUT2D eigenvalue weighted by Crippen LogP contribution is -2.30. The minimum atomic E-state index is -0.237. The highest BCUT2D eigenvalue weighted by Crippen LogP contribution is 2.26. The lowest BCUT2D eigenvalue weighted by atomic mass is 9.99. The van der Waals surface area contributed by atoms with Gasteiger partial charge in [0.15, 0.2) is 0 Å². The van der Waals surface area contributed by atoms with Crippen molar-refractivity contribution in [1.82, 2.24) is 9.88 Å². The quantitative estimate of drug-likeness (QED) is 0.759. The molecule has 0 saturated carbocycles. The van der Waals surface area contributed by atoms with Gasteiger partial charge in [0.05, 0.1) is 24.2 Å². The smallest absolute Gasteiger partial charge is 0.310 e. The van der Waals surface area contributed by atoms with Gasteiger partial charge < -0.3 is 9.64 Å². The van der Waals surface area contributed by atoms with Crippen LogP contribution >= 0.6 is 11.3 Å². The molecule has 98 valence electrons. The maximum Gasteiger partial charge on any atom is 0.310 e. The molecule has 1 aromatic heterocycles. The molecule has 0 aromatic carbocycles. The summed E-state index contributed by atoms with van der Waals surface area (Å²) in [6.07, 6.45) is 0. The second-order valence-electron chi connectivity index (χ2n) is 4.58. The van der Waals surface area contributed by atoms with E-state index in [0.29, 0.717) is 18.0 Å². The molecule has 0 N–H and O–H groups in total.